The number of rotatable bonds is 4. The number of nitrogens with zero attached hydrogens (tertiary/aromatic N) is 3. The zero-order valence-corrected chi connectivity index (χ0v) is 22.2. The van der Waals surface area contributed by atoms with Crippen LogP contribution >= 0.6 is 36.2 Å². The molecule has 1 atom stereocenters. The van der Waals surface area contributed by atoms with Crippen LogP contribution in [0.2, 0.25) is 0 Å². The minimum absolute atomic E-state index is 0. The van der Waals surface area contributed by atoms with Crippen molar-refractivity contribution >= 4 is 58.4 Å². The van der Waals surface area contributed by atoms with Gasteiger partial charge in [0, 0.05) is 30.6 Å². The summed E-state index contributed by atoms with van der Waals surface area (Å²) in [6.45, 7) is 5.16. The number of hydrogen-bond acceptors (Lipinski definition) is 6. The number of nitrogens with one attached hydrogen (secondary N) is 1. The van der Waals surface area contributed by atoms with Crippen molar-refractivity contribution in [1.82, 2.24) is 9.80 Å². The van der Waals surface area contributed by atoms with Crippen molar-refractivity contribution in [2.24, 2.45) is 4.99 Å². The highest BCUT2D eigenvalue weighted by atomic mass is 35.5. The van der Waals surface area contributed by atoms with Crippen LogP contribution in [0.1, 0.15) is 22.4 Å². The third-order valence-corrected chi connectivity index (χ3v) is 7.46. The van der Waals surface area contributed by atoms with Crippen LogP contribution in [-0.2, 0) is 6.42 Å². The van der Waals surface area contributed by atoms with Gasteiger partial charge in [0.1, 0.15) is 16.6 Å². The molecule has 1 N–H and O–H groups in total. The van der Waals surface area contributed by atoms with Gasteiger partial charge in [0.05, 0.1) is 24.0 Å². The van der Waals surface area contributed by atoms with E-state index in [1.165, 1.54) is 21.0 Å². The molecular weight excluding hydrogens is 487 g/mol. The molecule has 2 aliphatic rings. The van der Waals surface area contributed by atoms with Crippen molar-refractivity contribution in [2.45, 2.75) is 25.8 Å². The molecule has 5 nitrogen and oxygen atoms in total. The average Bonchev–Trinajstić information content (AvgIpc) is 3.10. The third kappa shape index (κ3) is 5.36. The van der Waals surface area contributed by atoms with Crippen molar-refractivity contribution in [3.05, 3.63) is 70.6 Å². The second kappa shape index (κ2) is 11.5. The van der Waals surface area contributed by atoms with Gasteiger partial charge in [0.2, 0.25) is 0 Å². The van der Waals surface area contributed by atoms with Crippen LogP contribution in [0.15, 0.2) is 59.6 Å². The largest absolute Gasteiger partial charge is 0.496 e. The zero-order chi connectivity index (χ0) is 22.1. The number of piperazine rings is 1. The van der Waals surface area contributed by atoms with Gasteiger partial charge in [-0.05, 0) is 56.6 Å². The number of amidine groups is 1. The number of thiophene rings is 1. The van der Waals surface area contributed by atoms with Crippen LogP contribution in [0.3, 0.4) is 0 Å². The molecule has 182 valence electrons. The molecule has 0 unspecified atom stereocenters. The molecule has 3 aromatic rings. The van der Waals surface area contributed by atoms with E-state index in [-0.39, 0.29) is 24.8 Å². The minimum atomic E-state index is 0. The Bertz CT molecular complexity index is 1150. The van der Waals surface area contributed by atoms with Crippen LogP contribution in [0.25, 0.3) is 0 Å². The quantitative estimate of drug-likeness (QED) is 0.440. The van der Waals surface area contributed by atoms with Gasteiger partial charge < -0.3 is 15.0 Å². The fourth-order valence-corrected chi connectivity index (χ4v) is 5.59. The lowest BCUT2D eigenvalue weighted by molar-refractivity contribution is 0.134. The van der Waals surface area contributed by atoms with Gasteiger partial charge in [0.25, 0.3) is 0 Å². The van der Waals surface area contributed by atoms with E-state index in [2.05, 4.69) is 77.6 Å². The molecule has 1 fully saturated rings. The first-order valence-corrected chi connectivity index (χ1v) is 12.1. The lowest BCUT2D eigenvalue weighted by atomic mass is 10.0. The van der Waals surface area contributed by atoms with Gasteiger partial charge in [0.15, 0.2) is 0 Å². The fourth-order valence-electron chi connectivity index (χ4n) is 4.67. The van der Waals surface area contributed by atoms with E-state index in [1.54, 1.807) is 18.4 Å². The second-order valence-electron chi connectivity index (χ2n) is 8.61. The maximum atomic E-state index is 5.57. The molecule has 0 radical (unpaired) electrons. The topological polar surface area (TPSA) is 40.1 Å². The van der Waals surface area contributed by atoms with Crippen molar-refractivity contribution in [3.63, 3.8) is 0 Å². The Labute approximate surface area is 218 Å². The summed E-state index contributed by atoms with van der Waals surface area (Å²) in [5.74, 6) is 2.08. The van der Waals surface area contributed by atoms with Crippen LogP contribution in [0.4, 0.5) is 16.4 Å². The zero-order valence-electron chi connectivity index (χ0n) is 19.8. The first kappa shape index (κ1) is 26.4. The number of aliphatic imine (C=N–C) groups is 1. The van der Waals surface area contributed by atoms with Crippen molar-refractivity contribution in [2.75, 3.05) is 39.1 Å². The molecule has 2 aliphatic heterocycles. The van der Waals surface area contributed by atoms with Crippen molar-refractivity contribution in [3.8, 4) is 5.75 Å². The maximum Gasteiger partial charge on any atom is 0.139 e. The van der Waals surface area contributed by atoms with E-state index < -0.39 is 0 Å². The maximum absolute atomic E-state index is 5.57. The summed E-state index contributed by atoms with van der Waals surface area (Å²) in [6, 6.07) is 19.4. The highest BCUT2D eigenvalue weighted by molar-refractivity contribution is 7.16. The van der Waals surface area contributed by atoms with E-state index in [1.807, 2.05) is 6.07 Å². The number of para-hydroxylation sites is 3. The summed E-state index contributed by atoms with van der Waals surface area (Å²) >= 11 is 1.80. The van der Waals surface area contributed by atoms with E-state index >= 15 is 0 Å². The van der Waals surface area contributed by atoms with Crippen molar-refractivity contribution in [1.29, 1.82) is 0 Å². The number of benzene rings is 2. The molecule has 0 bridgehead atoms. The fraction of sp³-hybridized carbons (Fsp3) is 0.346. The van der Waals surface area contributed by atoms with Crippen LogP contribution in [0.5, 0.6) is 5.75 Å². The molecule has 0 amide bonds. The second-order valence-corrected chi connectivity index (χ2v) is 9.86. The molecule has 1 aromatic heterocycles. The number of aryl methyl sites for hydroxylation is 2. The molecule has 0 spiro atoms. The highest BCUT2D eigenvalue weighted by Gasteiger charge is 2.30. The average molecular weight is 520 g/mol. The standard InChI is InChI=1S/C26H30N4OS.2ClH/c1-18-16-21-25(27-22-9-5-6-10-23(22)28-26(21)32-18)30-15-14-29(2)20(17-30)13-12-19-8-4-7-11-24(19)31-3;;/h4-11,16,20,28H,12-15,17H2,1-3H3;2*1H/t20-;;/m0../s1. The van der Waals surface area contributed by atoms with Crippen LogP contribution in [0, 0.1) is 6.92 Å². The van der Waals surface area contributed by atoms with Gasteiger partial charge >= 0.3 is 0 Å². The summed E-state index contributed by atoms with van der Waals surface area (Å²) in [7, 11) is 4.00. The Morgan fingerprint density at radius 1 is 1.09 bits per heavy atom. The van der Waals surface area contributed by atoms with E-state index in [9.17, 15) is 0 Å². The lowest BCUT2D eigenvalue weighted by Crippen LogP contribution is -2.53. The third-order valence-electron chi connectivity index (χ3n) is 6.49. The number of likely N-dealkylation sites (N-methyl/N-ethyl adjacent to an activating group) is 1. The first-order valence-electron chi connectivity index (χ1n) is 11.2. The van der Waals surface area contributed by atoms with Gasteiger partial charge in [-0.3, -0.25) is 4.90 Å². The van der Waals surface area contributed by atoms with Gasteiger partial charge in [-0.1, -0.05) is 30.3 Å². The van der Waals surface area contributed by atoms with Crippen molar-refractivity contribution < 1.29 is 4.74 Å². The predicted molar refractivity (Wildman–Crippen MR) is 149 cm³/mol. The minimum Gasteiger partial charge on any atom is -0.496 e. The molecule has 5 rings (SSSR count). The Kier molecular flexibility index (Phi) is 8.88. The van der Waals surface area contributed by atoms with Gasteiger partial charge in [-0.15, -0.1) is 36.2 Å². The SMILES string of the molecule is COc1ccccc1CC[C@H]1CN(C2=Nc3ccccc3Nc3sc(C)cc32)CCN1C.Cl.Cl. The lowest BCUT2D eigenvalue weighted by Gasteiger charge is -2.41. The summed E-state index contributed by atoms with van der Waals surface area (Å²) < 4.78 is 5.57. The first-order chi connectivity index (χ1) is 15.6. The molecule has 34 heavy (non-hydrogen) atoms. The smallest absolute Gasteiger partial charge is 0.139 e. The Hall–Kier alpha value is -2.25. The van der Waals surface area contributed by atoms with E-state index in [0.29, 0.717) is 6.04 Å². The summed E-state index contributed by atoms with van der Waals surface area (Å²) in [4.78, 5) is 11.5. The van der Waals surface area contributed by atoms with E-state index in [0.717, 1.165) is 55.4 Å². The molecule has 1 saturated heterocycles. The summed E-state index contributed by atoms with van der Waals surface area (Å²) in [6.07, 6.45) is 2.09. The molecule has 3 heterocycles. The molecule has 2 aromatic carbocycles. The number of ether oxygens (including phenoxy) is 1. The number of hydrogen-bond donors (Lipinski definition) is 1. The highest BCUT2D eigenvalue weighted by Crippen LogP contribution is 2.39. The Morgan fingerprint density at radius 2 is 1.85 bits per heavy atom. The number of anilines is 2. The van der Waals surface area contributed by atoms with Gasteiger partial charge in [-0.2, -0.15) is 0 Å². The van der Waals surface area contributed by atoms with Crippen LogP contribution < -0.4 is 10.1 Å². The molecular formula is C26H32Cl2N4OS. The monoisotopic (exact) mass is 518 g/mol. The number of halogens is 2. The van der Waals surface area contributed by atoms with Crippen LogP contribution in [-0.4, -0.2) is 55.5 Å². The normalized spacial score (nSPS) is 17.2. The Morgan fingerprint density at radius 3 is 2.68 bits per heavy atom. The molecule has 0 aliphatic carbocycles. The molecule has 0 saturated carbocycles. The summed E-state index contributed by atoms with van der Waals surface area (Å²) in [5, 5.41) is 4.82. The number of methoxy groups -OCH3 is 1. The predicted octanol–water partition coefficient (Wildman–Crippen LogP) is 6.29. The van der Waals surface area contributed by atoms with E-state index in [4.69, 9.17) is 9.73 Å². The molecule has 8 heteroatoms. The summed E-state index contributed by atoms with van der Waals surface area (Å²) in [5.41, 5.74) is 4.58. The van der Waals surface area contributed by atoms with Gasteiger partial charge in [-0.25, -0.2) is 4.99 Å². The Balaban J connectivity index is 0.00000162. The number of fused-ring (bicyclic) bond motifs is 2.